The number of phenolic OH excluding ortho intramolecular Hbond substituents is 1. The Kier molecular flexibility index (Phi) is 12.2. The van der Waals surface area contributed by atoms with E-state index in [9.17, 15) is 5.11 Å². The Bertz CT molecular complexity index is 532. The third-order valence-corrected chi connectivity index (χ3v) is 5.45. The Morgan fingerprint density at radius 1 is 0.815 bits per heavy atom. The lowest BCUT2D eigenvalue weighted by atomic mass is 10.0. The number of aromatic hydroxyl groups is 1. The average Bonchev–Trinajstić information content (AvgIpc) is 2.57. The van der Waals surface area contributed by atoms with Gasteiger partial charge >= 0.3 is 0 Å². The van der Waals surface area contributed by atoms with Crippen molar-refractivity contribution in [2.24, 2.45) is 0 Å². The number of aryl methyl sites for hydroxylation is 1. The molecule has 0 fully saturated rings. The average molecular weight is 391 g/mol. The molecule has 0 bridgehead atoms. The van der Waals surface area contributed by atoms with Gasteiger partial charge in [-0.15, -0.1) is 0 Å². The summed E-state index contributed by atoms with van der Waals surface area (Å²) in [6, 6.07) is 5.71. The normalized spacial score (nSPS) is 12.0. The summed E-state index contributed by atoms with van der Waals surface area (Å²) in [6.07, 6.45) is 20.1. The summed E-state index contributed by atoms with van der Waals surface area (Å²) in [6.45, 7) is 8.76. The number of benzene rings is 1. The van der Waals surface area contributed by atoms with Gasteiger partial charge in [0.15, 0.2) is 0 Å². The molecule has 3 heteroatoms. The highest BCUT2D eigenvalue weighted by molar-refractivity contribution is 6.70. The van der Waals surface area contributed by atoms with Gasteiger partial charge in [-0.05, 0) is 75.9 Å². The zero-order valence-corrected chi connectivity index (χ0v) is 19.2. The van der Waals surface area contributed by atoms with Crippen LogP contribution in [0.3, 0.4) is 0 Å². The van der Waals surface area contributed by atoms with Gasteiger partial charge in [0, 0.05) is 6.07 Å². The molecule has 1 rings (SSSR count). The first-order valence-corrected chi connectivity index (χ1v) is 14.5. The predicted molar refractivity (Wildman–Crippen MR) is 121 cm³/mol. The van der Waals surface area contributed by atoms with Gasteiger partial charge in [-0.25, -0.2) is 0 Å². The van der Waals surface area contributed by atoms with E-state index in [2.05, 4.69) is 44.8 Å². The maximum Gasteiger partial charge on any atom is 0.242 e. The van der Waals surface area contributed by atoms with Gasteiger partial charge in [-0.2, -0.15) is 0 Å². The summed E-state index contributed by atoms with van der Waals surface area (Å²) in [5, 5.41) is 9.92. The van der Waals surface area contributed by atoms with Crippen molar-refractivity contribution in [2.75, 3.05) is 0 Å². The molecule has 0 amide bonds. The first-order valence-electron chi connectivity index (χ1n) is 11.1. The molecule has 1 aromatic carbocycles. The van der Waals surface area contributed by atoms with E-state index in [1.165, 1.54) is 76.2 Å². The molecule has 2 nitrogen and oxygen atoms in total. The highest BCUT2D eigenvalue weighted by Gasteiger charge is 2.16. The second kappa shape index (κ2) is 13.9. The van der Waals surface area contributed by atoms with E-state index >= 15 is 0 Å². The molecule has 1 N–H and O–H groups in total. The van der Waals surface area contributed by atoms with Gasteiger partial charge in [-0.1, -0.05) is 57.6 Å². The highest BCUT2D eigenvalue weighted by Crippen LogP contribution is 2.25. The Labute approximate surface area is 169 Å². The van der Waals surface area contributed by atoms with Crippen molar-refractivity contribution < 1.29 is 9.53 Å². The van der Waals surface area contributed by atoms with E-state index in [4.69, 9.17) is 4.43 Å². The smallest absolute Gasteiger partial charge is 0.242 e. The van der Waals surface area contributed by atoms with Crippen molar-refractivity contribution >= 4 is 8.32 Å². The Morgan fingerprint density at radius 3 is 2.04 bits per heavy atom. The molecular formula is C24H42O2Si. The van der Waals surface area contributed by atoms with Crippen LogP contribution in [-0.4, -0.2) is 13.4 Å². The number of unbranched alkanes of at least 4 members (excludes halogenated alkanes) is 9. The van der Waals surface area contributed by atoms with Gasteiger partial charge in [0.25, 0.3) is 0 Å². The lowest BCUT2D eigenvalue weighted by Crippen LogP contribution is -2.29. The zero-order valence-electron chi connectivity index (χ0n) is 18.2. The molecule has 0 spiro atoms. The van der Waals surface area contributed by atoms with Crippen molar-refractivity contribution in [1.29, 1.82) is 0 Å². The number of hydrogen-bond acceptors (Lipinski definition) is 2. The van der Waals surface area contributed by atoms with E-state index in [1.807, 2.05) is 6.07 Å². The SMILES string of the molecule is CCCCCC/C=C\CCCCCCCc1cc(O)cc(O[Si](C)(C)C)c1. The van der Waals surface area contributed by atoms with E-state index in [-0.39, 0.29) is 0 Å². The minimum atomic E-state index is -1.63. The van der Waals surface area contributed by atoms with Crippen molar-refractivity contribution in [2.45, 2.75) is 104 Å². The van der Waals surface area contributed by atoms with E-state index in [1.54, 1.807) is 6.07 Å². The quantitative estimate of drug-likeness (QED) is 0.187. The number of allylic oxidation sites excluding steroid dienone is 2. The zero-order chi connectivity index (χ0) is 20.0. The summed E-state index contributed by atoms with van der Waals surface area (Å²) in [4.78, 5) is 0. The molecule has 0 aliphatic rings. The summed E-state index contributed by atoms with van der Waals surface area (Å²) in [5.41, 5.74) is 1.19. The second-order valence-electron chi connectivity index (χ2n) is 8.68. The van der Waals surface area contributed by atoms with E-state index in [0.29, 0.717) is 5.75 Å². The van der Waals surface area contributed by atoms with Crippen LogP contribution in [0, 0.1) is 0 Å². The lowest BCUT2D eigenvalue weighted by molar-refractivity contribution is 0.467. The van der Waals surface area contributed by atoms with Gasteiger partial charge in [0.2, 0.25) is 8.32 Å². The molecule has 27 heavy (non-hydrogen) atoms. The lowest BCUT2D eigenvalue weighted by Gasteiger charge is -2.20. The second-order valence-corrected chi connectivity index (χ2v) is 13.1. The molecule has 1 aromatic rings. The standard InChI is InChI=1S/C24H42O2Si/c1-5-6-7-8-9-10-11-12-13-14-15-16-17-18-22-19-23(25)21-24(20-22)26-27(2,3)4/h10-11,19-21,25H,5-9,12-18H2,1-4H3/b11-10-. The van der Waals surface area contributed by atoms with Crippen molar-refractivity contribution in [3.63, 3.8) is 0 Å². The minimum absolute atomic E-state index is 0.322. The van der Waals surface area contributed by atoms with Crippen molar-refractivity contribution in [3.8, 4) is 11.5 Å². The molecule has 0 aromatic heterocycles. The van der Waals surface area contributed by atoms with Gasteiger partial charge in [0.1, 0.15) is 11.5 Å². The van der Waals surface area contributed by atoms with Crippen molar-refractivity contribution in [3.05, 3.63) is 35.9 Å². The van der Waals surface area contributed by atoms with Crippen LogP contribution in [0.2, 0.25) is 19.6 Å². The van der Waals surface area contributed by atoms with Crippen molar-refractivity contribution in [1.82, 2.24) is 0 Å². The fraction of sp³-hybridized carbons (Fsp3) is 0.667. The molecule has 154 valence electrons. The van der Waals surface area contributed by atoms with Gasteiger partial charge < -0.3 is 9.53 Å². The summed E-state index contributed by atoms with van der Waals surface area (Å²) in [7, 11) is -1.63. The van der Waals surface area contributed by atoms with Crippen LogP contribution >= 0.6 is 0 Å². The molecule has 0 radical (unpaired) electrons. The highest BCUT2D eigenvalue weighted by atomic mass is 28.4. The van der Waals surface area contributed by atoms with Crippen LogP contribution in [-0.2, 0) is 6.42 Å². The van der Waals surface area contributed by atoms with Crippen LogP contribution in [0.15, 0.2) is 30.4 Å². The molecule has 0 atom stereocenters. The monoisotopic (exact) mass is 390 g/mol. The Hall–Kier alpha value is -1.22. The summed E-state index contributed by atoms with van der Waals surface area (Å²) in [5.74, 6) is 1.15. The van der Waals surface area contributed by atoms with Crippen LogP contribution in [0.1, 0.15) is 83.1 Å². The fourth-order valence-corrected chi connectivity index (χ4v) is 4.07. The maximum absolute atomic E-state index is 9.92. The topological polar surface area (TPSA) is 29.5 Å². The third-order valence-electron chi connectivity index (χ3n) is 4.60. The van der Waals surface area contributed by atoms with E-state index < -0.39 is 8.32 Å². The largest absolute Gasteiger partial charge is 0.544 e. The van der Waals surface area contributed by atoms with Crippen LogP contribution < -0.4 is 4.43 Å². The number of hydrogen-bond donors (Lipinski definition) is 1. The first-order chi connectivity index (χ1) is 12.9. The predicted octanol–water partition coefficient (Wildman–Crippen LogP) is 8.02. The van der Waals surface area contributed by atoms with Gasteiger partial charge in [0.05, 0.1) is 0 Å². The Balaban J connectivity index is 2.10. The van der Waals surface area contributed by atoms with E-state index in [0.717, 1.165) is 12.2 Å². The fourth-order valence-electron chi connectivity index (χ4n) is 3.25. The first kappa shape index (κ1) is 23.8. The summed E-state index contributed by atoms with van der Waals surface area (Å²) < 4.78 is 6.01. The number of rotatable bonds is 15. The molecular weight excluding hydrogens is 348 g/mol. The van der Waals surface area contributed by atoms with Crippen LogP contribution in [0.4, 0.5) is 0 Å². The summed E-state index contributed by atoms with van der Waals surface area (Å²) >= 11 is 0. The van der Waals surface area contributed by atoms with Crippen LogP contribution in [0.25, 0.3) is 0 Å². The number of phenols is 1. The van der Waals surface area contributed by atoms with Crippen LogP contribution in [0.5, 0.6) is 11.5 Å². The molecule has 0 saturated carbocycles. The minimum Gasteiger partial charge on any atom is -0.544 e. The molecule has 0 aliphatic carbocycles. The molecule has 0 heterocycles. The third kappa shape index (κ3) is 13.6. The maximum atomic E-state index is 9.92. The molecule has 0 saturated heterocycles. The van der Waals surface area contributed by atoms with Gasteiger partial charge in [-0.3, -0.25) is 0 Å². The Morgan fingerprint density at radius 2 is 1.41 bits per heavy atom. The molecule has 0 aliphatic heterocycles. The molecule has 0 unspecified atom stereocenters.